The molecule has 0 spiro atoms. The number of furan rings is 1. The van der Waals surface area contributed by atoms with Gasteiger partial charge in [0.05, 0.1) is 11.1 Å². The lowest BCUT2D eigenvalue weighted by atomic mass is 10.1. The smallest absolute Gasteiger partial charge is 0.129 e. The summed E-state index contributed by atoms with van der Waals surface area (Å²) in [5, 5.41) is 0. The Labute approximate surface area is 107 Å². The molecule has 4 heteroatoms. The Morgan fingerprint density at radius 3 is 2.41 bits per heavy atom. The molecular weight excluding hydrogens is 290 g/mol. The largest absolute Gasteiger partial charge is 0.468 e. The molecule has 1 aromatic heterocycles. The first kappa shape index (κ1) is 12.3. The van der Waals surface area contributed by atoms with Gasteiger partial charge in [0.15, 0.2) is 0 Å². The van der Waals surface area contributed by atoms with Crippen LogP contribution in [0.5, 0.6) is 0 Å². The first-order valence-electron chi connectivity index (χ1n) is 5.20. The Kier molecular flexibility index (Phi) is 3.62. The van der Waals surface area contributed by atoms with Crippen LogP contribution in [0.4, 0.5) is 8.78 Å². The number of benzene rings is 1. The lowest BCUT2D eigenvalue weighted by molar-refractivity contribution is 0.494. The zero-order valence-electron chi connectivity index (χ0n) is 9.21. The lowest BCUT2D eigenvalue weighted by Crippen LogP contribution is -2.01. The second-order valence-electron chi connectivity index (χ2n) is 3.84. The fourth-order valence-electron chi connectivity index (χ4n) is 1.70. The number of rotatable bonds is 3. The van der Waals surface area contributed by atoms with Crippen LogP contribution in [0, 0.1) is 18.6 Å². The van der Waals surface area contributed by atoms with Gasteiger partial charge in [-0.3, -0.25) is 0 Å². The third kappa shape index (κ3) is 2.57. The van der Waals surface area contributed by atoms with Crippen molar-refractivity contribution in [3.8, 4) is 0 Å². The first-order chi connectivity index (χ1) is 8.09. The van der Waals surface area contributed by atoms with E-state index in [0.717, 1.165) is 5.56 Å². The SMILES string of the molecule is Cc1ccoc1C(Br)Cc1c(F)cccc1F. The van der Waals surface area contributed by atoms with E-state index >= 15 is 0 Å². The van der Waals surface area contributed by atoms with E-state index in [1.165, 1.54) is 18.2 Å². The van der Waals surface area contributed by atoms with Crippen molar-refractivity contribution in [2.75, 3.05) is 0 Å². The summed E-state index contributed by atoms with van der Waals surface area (Å²) in [4.78, 5) is -0.233. The third-order valence-electron chi connectivity index (χ3n) is 2.63. The molecule has 2 rings (SSSR count). The van der Waals surface area contributed by atoms with E-state index < -0.39 is 11.6 Å². The van der Waals surface area contributed by atoms with Gasteiger partial charge in [-0.2, -0.15) is 0 Å². The topological polar surface area (TPSA) is 13.1 Å². The normalized spacial score (nSPS) is 12.7. The van der Waals surface area contributed by atoms with Gasteiger partial charge in [0.2, 0.25) is 0 Å². The van der Waals surface area contributed by atoms with Gasteiger partial charge in [0.25, 0.3) is 0 Å². The minimum Gasteiger partial charge on any atom is -0.468 e. The highest BCUT2D eigenvalue weighted by molar-refractivity contribution is 9.09. The van der Waals surface area contributed by atoms with Crippen molar-refractivity contribution in [3.05, 3.63) is 59.1 Å². The van der Waals surface area contributed by atoms with Gasteiger partial charge < -0.3 is 4.42 Å². The highest BCUT2D eigenvalue weighted by atomic mass is 79.9. The van der Waals surface area contributed by atoms with Crippen LogP contribution in [0.3, 0.4) is 0 Å². The van der Waals surface area contributed by atoms with Crippen LogP contribution in [0.1, 0.15) is 21.7 Å². The van der Waals surface area contributed by atoms with Crippen LogP contribution < -0.4 is 0 Å². The number of hydrogen-bond acceptors (Lipinski definition) is 1. The Morgan fingerprint density at radius 1 is 1.24 bits per heavy atom. The van der Waals surface area contributed by atoms with Crippen LogP contribution in [0.2, 0.25) is 0 Å². The fourth-order valence-corrected chi connectivity index (χ4v) is 2.50. The Balaban J connectivity index is 2.25. The molecule has 2 aromatic rings. The van der Waals surface area contributed by atoms with Gasteiger partial charge >= 0.3 is 0 Å². The fraction of sp³-hybridized carbons (Fsp3) is 0.231. The quantitative estimate of drug-likeness (QED) is 0.758. The summed E-state index contributed by atoms with van der Waals surface area (Å²) in [6.07, 6.45) is 1.78. The zero-order chi connectivity index (χ0) is 12.4. The molecule has 1 nitrogen and oxygen atoms in total. The molecule has 0 saturated heterocycles. The van der Waals surface area contributed by atoms with Crippen molar-refractivity contribution in [1.29, 1.82) is 0 Å². The summed E-state index contributed by atoms with van der Waals surface area (Å²) in [5.74, 6) is -0.357. The predicted octanol–water partition coefficient (Wildman–Crippen LogP) is 4.54. The van der Waals surface area contributed by atoms with Gasteiger partial charge in [0, 0.05) is 5.56 Å². The summed E-state index contributed by atoms with van der Waals surface area (Å²) < 4.78 is 32.2. The monoisotopic (exact) mass is 300 g/mol. The molecule has 1 aromatic carbocycles. The molecule has 0 fully saturated rings. The Hall–Kier alpha value is -1.16. The second kappa shape index (κ2) is 5.00. The third-order valence-corrected chi connectivity index (χ3v) is 3.37. The van der Waals surface area contributed by atoms with Crippen LogP contribution in [-0.2, 0) is 6.42 Å². The van der Waals surface area contributed by atoms with Crippen molar-refractivity contribution in [2.45, 2.75) is 18.2 Å². The first-order valence-corrected chi connectivity index (χ1v) is 6.12. The summed E-state index contributed by atoms with van der Waals surface area (Å²) >= 11 is 3.39. The van der Waals surface area contributed by atoms with Gasteiger partial charge in [0.1, 0.15) is 17.4 Å². The van der Waals surface area contributed by atoms with E-state index in [9.17, 15) is 8.78 Å². The number of halogens is 3. The summed E-state index contributed by atoms with van der Waals surface area (Å²) in [5.41, 5.74) is 1.04. The van der Waals surface area contributed by atoms with Gasteiger partial charge in [-0.25, -0.2) is 8.78 Å². The molecule has 0 aliphatic heterocycles. The second-order valence-corrected chi connectivity index (χ2v) is 4.95. The molecule has 0 aliphatic rings. The standard InChI is InChI=1S/C13H11BrF2O/c1-8-5-6-17-13(8)10(14)7-9-11(15)3-2-4-12(9)16/h2-6,10H,7H2,1H3. The predicted molar refractivity (Wildman–Crippen MR) is 65.2 cm³/mol. The van der Waals surface area contributed by atoms with E-state index in [2.05, 4.69) is 15.9 Å². The van der Waals surface area contributed by atoms with E-state index in [1.54, 1.807) is 6.26 Å². The van der Waals surface area contributed by atoms with Crippen molar-refractivity contribution < 1.29 is 13.2 Å². The molecular formula is C13H11BrF2O. The van der Waals surface area contributed by atoms with Crippen molar-refractivity contribution in [3.63, 3.8) is 0 Å². The Bertz CT molecular complexity index is 502. The average molecular weight is 301 g/mol. The van der Waals surface area contributed by atoms with Crippen LogP contribution in [0.15, 0.2) is 34.9 Å². The number of aryl methyl sites for hydroxylation is 1. The van der Waals surface area contributed by atoms with E-state index in [0.29, 0.717) is 5.76 Å². The van der Waals surface area contributed by atoms with Crippen molar-refractivity contribution in [1.82, 2.24) is 0 Å². The zero-order valence-corrected chi connectivity index (χ0v) is 10.8. The molecule has 17 heavy (non-hydrogen) atoms. The molecule has 0 amide bonds. The van der Waals surface area contributed by atoms with Gasteiger partial charge in [-0.1, -0.05) is 22.0 Å². The number of alkyl halides is 1. The summed E-state index contributed by atoms with van der Waals surface area (Å²) in [7, 11) is 0. The summed E-state index contributed by atoms with van der Waals surface area (Å²) in [6, 6.07) is 5.69. The minimum atomic E-state index is -0.529. The van der Waals surface area contributed by atoms with Gasteiger partial charge in [-0.05, 0) is 37.1 Å². The maximum absolute atomic E-state index is 13.5. The maximum Gasteiger partial charge on any atom is 0.129 e. The van der Waals surface area contributed by atoms with Crippen LogP contribution >= 0.6 is 15.9 Å². The minimum absolute atomic E-state index is 0.0742. The van der Waals surface area contributed by atoms with E-state index in [4.69, 9.17) is 4.42 Å². The van der Waals surface area contributed by atoms with E-state index in [1.807, 2.05) is 13.0 Å². The average Bonchev–Trinajstić information content (AvgIpc) is 2.70. The molecule has 1 heterocycles. The molecule has 90 valence electrons. The lowest BCUT2D eigenvalue weighted by Gasteiger charge is -2.10. The Morgan fingerprint density at radius 2 is 1.88 bits per heavy atom. The van der Waals surface area contributed by atoms with Crippen molar-refractivity contribution >= 4 is 15.9 Å². The molecule has 0 radical (unpaired) electrons. The molecule has 0 aliphatic carbocycles. The highest BCUT2D eigenvalue weighted by Crippen LogP contribution is 2.31. The highest BCUT2D eigenvalue weighted by Gasteiger charge is 2.18. The molecule has 0 N–H and O–H groups in total. The molecule has 0 saturated carbocycles. The maximum atomic E-state index is 13.5. The van der Waals surface area contributed by atoms with Crippen molar-refractivity contribution in [2.24, 2.45) is 0 Å². The van der Waals surface area contributed by atoms with Crippen LogP contribution in [0.25, 0.3) is 0 Å². The molecule has 1 unspecified atom stereocenters. The summed E-state index contributed by atoms with van der Waals surface area (Å²) in [6.45, 7) is 1.89. The van der Waals surface area contributed by atoms with E-state index in [-0.39, 0.29) is 16.8 Å². The van der Waals surface area contributed by atoms with Gasteiger partial charge in [-0.15, -0.1) is 0 Å². The molecule has 1 atom stereocenters. The number of hydrogen-bond donors (Lipinski definition) is 0. The molecule has 0 bridgehead atoms. The van der Waals surface area contributed by atoms with Crippen LogP contribution in [-0.4, -0.2) is 0 Å².